The third kappa shape index (κ3) is 2.64. The minimum absolute atomic E-state index is 0.160. The number of fused-ring (bicyclic) bond motifs is 2. The lowest BCUT2D eigenvalue weighted by Crippen LogP contribution is -2.55. The second-order valence-corrected chi connectivity index (χ2v) is 8.08. The first-order valence-corrected chi connectivity index (χ1v) is 8.36. The van der Waals surface area contributed by atoms with Crippen molar-refractivity contribution < 1.29 is 5.11 Å². The predicted molar refractivity (Wildman–Crippen MR) is 87.2 cm³/mol. The highest BCUT2D eigenvalue weighted by atomic mass is 16.3. The fourth-order valence-electron chi connectivity index (χ4n) is 5.03. The van der Waals surface area contributed by atoms with E-state index in [2.05, 4.69) is 50.4 Å². The van der Waals surface area contributed by atoms with Crippen LogP contribution in [0.3, 0.4) is 0 Å². The van der Waals surface area contributed by atoms with E-state index in [1.54, 1.807) is 0 Å². The van der Waals surface area contributed by atoms with Crippen LogP contribution in [0.25, 0.3) is 0 Å². The van der Waals surface area contributed by atoms with E-state index in [0.717, 1.165) is 12.3 Å². The van der Waals surface area contributed by atoms with Gasteiger partial charge in [-0.1, -0.05) is 51.1 Å². The summed E-state index contributed by atoms with van der Waals surface area (Å²) in [5, 5.41) is 13.6. The zero-order valence-corrected chi connectivity index (χ0v) is 13.6. The van der Waals surface area contributed by atoms with Gasteiger partial charge in [0.05, 0.1) is 6.61 Å². The Morgan fingerprint density at radius 1 is 1.24 bits per heavy atom. The Morgan fingerprint density at radius 2 is 1.95 bits per heavy atom. The molecule has 0 heterocycles. The molecule has 0 radical (unpaired) electrons. The minimum atomic E-state index is 0.160. The first-order valence-electron chi connectivity index (χ1n) is 8.36. The van der Waals surface area contributed by atoms with Gasteiger partial charge in [0.1, 0.15) is 0 Å². The fraction of sp³-hybridized carbons (Fsp3) is 0.684. The highest BCUT2D eigenvalue weighted by Crippen LogP contribution is 2.62. The van der Waals surface area contributed by atoms with Gasteiger partial charge in [-0.15, -0.1) is 0 Å². The van der Waals surface area contributed by atoms with Crippen molar-refractivity contribution in [3.63, 3.8) is 0 Å². The van der Waals surface area contributed by atoms with E-state index in [1.165, 1.54) is 24.8 Å². The number of aliphatic hydroxyl groups is 1. The summed E-state index contributed by atoms with van der Waals surface area (Å²) < 4.78 is 0. The van der Waals surface area contributed by atoms with E-state index in [4.69, 9.17) is 0 Å². The molecule has 2 aliphatic rings. The first kappa shape index (κ1) is 15.1. The molecule has 0 aromatic heterocycles. The quantitative estimate of drug-likeness (QED) is 0.870. The summed E-state index contributed by atoms with van der Waals surface area (Å²) in [5.74, 6) is 0.844. The van der Waals surface area contributed by atoms with Crippen molar-refractivity contribution >= 4 is 0 Å². The molecule has 3 unspecified atom stereocenters. The van der Waals surface area contributed by atoms with Crippen LogP contribution in [-0.2, 0) is 6.42 Å². The SMILES string of the molecule is CC12CCC(C1)C(C)(C)C2N[C@@H](CO)Cc1ccccc1. The Hall–Kier alpha value is -0.860. The number of hydrogen-bond acceptors (Lipinski definition) is 2. The number of hydrogen-bond donors (Lipinski definition) is 2. The van der Waals surface area contributed by atoms with Gasteiger partial charge in [0.25, 0.3) is 0 Å². The molecule has 116 valence electrons. The van der Waals surface area contributed by atoms with Crippen LogP contribution in [-0.4, -0.2) is 23.8 Å². The summed E-state index contributed by atoms with van der Waals surface area (Å²) in [7, 11) is 0. The average Bonchev–Trinajstić information content (AvgIpc) is 2.94. The fourth-order valence-corrected chi connectivity index (χ4v) is 5.03. The van der Waals surface area contributed by atoms with Gasteiger partial charge < -0.3 is 10.4 Å². The molecule has 0 spiro atoms. The zero-order valence-electron chi connectivity index (χ0n) is 13.6. The second-order valence-electron chi connectivity index (χ2n) is 8.08. The molecular weight excluding hydrogens is 258 g/mol. The second kappa shape index (κ2) is 5.40. The molecule has 2 saturated carbocycles. The summed E-state index contributed by atoms with van der Waals surface area (Å²) in [6, 6.07) is 11.2. The summed E-state index contributed by atoms with van der Waals surface area (Å²) >= 11 is 0. The molecule has 21 heavy (non-hydrogen) atoms. The van der Waals surface area contributed by atoms with Gasteiger partial charge in [-0.3, -0.25) is 0 Å². The van der Waals surface area contributed by atoms with Crippen LogP contribution in [0.15, 0.2) is 30.3 Å². The Bertz CT molecular complexity index is 479. The average molecular weight is 287 g/mol. The lowest BCUT2D eigenvalue weighted by atomic mass is 9.68. The molecule has 1 aromatic carbocycles. The van der Waals surface area contributed by atoms with E-state index in [1.807, 2.05) is 6.07 Å². The molecule has 0 amide bonds. The van der Waals surface area contributed by atoms with Gasteiger partial charge in [0.15, 0.2) is 0 Å². The molecule has 2 aliphatic carbocycles. The Labute approximate surface area is 129 Å². The van der Waals surface area contributed by atoms with Crippen molar-refractivity contribution in [1.29, 1.82) is 0 Å². The summed E-state index contributed by atoms with van der Waals surface area (Å²) in [6.07, 6.45) is 4.97. The normalized spacial score (nSPS) is 35.0. The molecule has 2 N–H and O–H groups in total. The van der Waals surface area contributed by atoms with E-state index in [9.17, 15) is 5.11 Å². The first-order chi connectivity index (χ1) is 9.95. The van der Waals surface area contributed by atoms with Crippen molar-refractivity contribution in [1.82, 2.24) is 5.32 Å². The molecular formula is C19H29NO. The van der Waals surface area contributed by atoms with Gasteiger partial charge >= 0.3 is 0 Å². The highest BCUT2D eigenvalue weighted by molar-refractivity contribution is 5.17. The summed E-state index contributed by atoms with van der Waals surface area (Å²) in [5.41, 5.74) is 2.06. The van der Waals surface area contributed by atoms with E-state index < -0.39 is 0 Å². The zero-order chi connectivity index (χ0) is 15.1. The van der Waals surface area contributed by atoms with Crippen LogP contribution >= 0.6 is 0 Å². The molecule has 2 nitrogen and oxygen atoms in total. The Morgan fingerprint density at radius 3 is 2.52 bits per heavy atom. The summed E-state index contributed by atoms with van der Waals surface area (Å²) in [6.45, 7) is 7.48. The number of benzene rings is 1. The van der Waals surface area contributed by atoms with Crippen LogP contribution < -0.4 is 5.32 Å². The molecule has 2 fully saturated rings. The molecule has 2 bridgehead atoms. The van der Waals surface area contributed by atoms with Crippen molar-refractivity contribution in [3.05, 3.63) is 35.9 Å². The molecule has 1 aromatic rings. The Kier molecular flexibility index (Phi) is 3.87. The maximum atomic E-state index is 9.81. The van der Waals surface area contributed by atoms with Crippen LogP contribution in [0.4, 0.5) is 0 Å². The topological polar surface area (TPSA) is 32.3 Å². The van der Waals surface area contributed by atoms with Gasteiger partial charge in [-0.2, -0.15) is 0 Å². The molecule has 4 atom stereocenters. The lowest BCUT2D eigenvalue weighted by molar-refractivity contribution is 0.0867. The monoisotopic (exact) mass is 287 g/mol. The van der Waals surface area contributed by atoms with E-state index in [-0.39, 0.29) is 12.6 Å². The van der Waals surface area contributed by atoms with Gasteiger partial charge in [-0.25, -0.2) is 0 Å². The largest absolute Gasteiger partial charge is 0.395 e. The number of rotatable bonds is 5. The van der Waals surface area contributed by atoms with Gasteiger partial charge in [0.2, 0.25) is 0 Å². The van der Waals surface area contributed by atoms with Crippen LogP contribution in [0.5, 0.6) is 0 Å². The Balaban J connectivity index is 1.72. The number of aliphatic hydroxyl groups excluding tert-OH is 1. The lowest BCUT2D eigenvalue weighted by Gasteiger charge is -2.45. The maximum Gasteiger partial charge on any atom is 0.0587 e. The maximum absolute atomic E-state index is 9.81. The third-order valence-electron chi connectivity index (χ3n) is 6.22. The van der Waals surface area contributed by atoms with Crippen LogP contribution in [0.2, 0.25) is 0 Å². The standard InChI is InChI=1S/C19H29NO/c1-18(2)15-9-10-19(3,12-15)17(18)20-16(13-21)11-14-7-5-4-6-8-14/h4-8,15-17,20-21H,9-13H2,1-3H3/t15?,16-,17?,19?/m1/s1. The van der Waals surface area contributed by atoms with E-state index >= 15 is 0 Å². The predicted octanol–water partition coefficient (Wildman–Crippen LogP) is 3.39. The van der Waals surface area contributed by atoms with Crippen molar-refractivity contribution in [2.75, 3.05) is 6.61 Å². The minimum Gasteiger partial charge on any atom is -0.395 e. The smallest absolute Gasteiger partial charge is 0.0587 e. The molecule has 3 rings (SSSR count). The van der Waals surface area contributed by atoms with E-state index in [0.29, 0.717) is 16.9 Å². The summed E-state index contributed by atoms with van der Waals surface area (Å²) in [4.78, 5) is 0. The highest BCUT2D eigenvalue weighted by Gasteiger charge is 2.59. The van der Waals surface area contributed by atoms with Gasteiger partial charge in [0, 0.05) is 12.1 Å². The van der Waals surface area contributed by atoms with Crippen molar-refractivity contribution in [2.45, 2.75) is 58.5 Å². The van der Waals surface area contributed by atoms with Crippen molar-refractivity contribution in [2.24, 2.45) is 16.7 Å². The van der Waals surface area contributed by atoms with Crippen LogP contribution in [0, 0.1) is 16.7 Å². The molecule has 0 aliphatic heterocycles. The van der Waals surface area contributed by atoms with Gasteiger partial charge in [-0.05, 0) is 48.0 Å². The number of nitrogens with one attached hydrogen (secondary N) is 1. The van der Waals surface area contributed by atoms with Crippen LogP contribution in [0.1, 0.15) is 45.6 Å². The molecule has 0 saturated heterocycles. The molecule has 2 heteroatoms. The third-order valence-corrected chi connectivity index (χ3v) is 6.22. The van der Waals surface area contributed by atoms with Crippen molar-refractivity contribution in [3.8, 4) is 0 Å².